The van der Waals surface area contributed by atoms with Crippen molar-refractivity contribution in [3.8, 4) is 5.88 Å². The number of hydrogen-bond donors (Lipinski definition) is 0. The quantitative estimate of drug-likeness (QED) is 0.684. The Morgan fingerprint density at radius 2 is 2.08 bits per heavy atom. The predicted octanol–water partition coefficient (Wildman–Crippen LogP) is 2.32. The third-order valence-corrected chi connectivity index (χ3v) is 5.39. The first-order chi connectivity index (χ1) is 12.7. The molecule has 8 heteroatoms. The van der Waals surface area contributed by atoms with Gasteiger partial charge in [-0.1, -0.05) is 12.1 Å². The highest BCUT2D eigenvalue weighted by Gasteiger charge is 2.22. The van der Waals surface area contributed by atoms with Crippen molar-refractivity contribution in [3.05, 3.63) is 41.1 Å². The summed E-state index contributed by atoms with van der Waals surface area (Å²) in [6, 6.07) is 9.87. The smallest absolute Gasteiger partial charge is 0.260 e. The number of benzene rings is 1. The molecule has 1 aromatic carbocycles. The summed E-state index contributed by atoms with van der Waals surface area (Å²) >= 11 is 1.74. The fraction of sp³-hybridized carbons (Fsp3) is 0.389. The summed E-state index contributed by atoms with van der Waals surface area (Å²) in [5.74, 6) is 0.992. The second-order valence-corrected chi connectivity index (χ2v) is 7.41. The molecule has 1 saturated heterocycles. The number of fused-ring (bicyclic) bond motifs is 1. The predicted molar refractivity (Wildman–Crippen MR) is 98.2 cm³/mol. The van der Waals surface area contributed by atoms with E-state index in [-0.39, 0.29) is 12.5 Å². The van der Waals surface area contributed by atoms with Gasteiger partial charge in [-0.25, -0.2) is 4.98 Å². The third kappa shape index (κ3) is 3.86. The number of amides is 1. The van der Waals surface area contributed by atoms with Crippen LogP contribution in [0.2, 0.25) is 0 Å². The Labute approximate surface area is 155 Å². The van der Waals surface area contributed by atoms with Crippen LogP contribution in [0.4, 0.5) is 0 Å². The molecule has 0 radical (unpaired) electrons. The van der Waals surface area contributed by atoms with Crippen molar-refractivity contribution in [2.45, 2.75) is 13.5 Å². The van der Waals surface area contributed by atoms with Crippen LogP contribution in [0.1, 0.15) is 10.8 Å². The van der Waals surface area contributed by atoms with E-state index in [1.807, 2.05) is 23.1 Å². The number of piperazine rings is 1. The van der Waals surface area contributed by atoms with Gasteiger partial charge in [0, 0.05) is 32.2 Å². The Hall–Kier alpha value is -2.45. The van der Waals surface area contributed by atoms with E-state index < -0.39 is 0 Å². The molecule has 1 aliphatic heterocycles. The molecule has 0 saturated carbocycles. The summed E-state index contributed by atoms with van der Waals surface area (Å²) in [6.45, 7) is 5.68. The molecule has 3 heterocycles. The van der Waals surface area contributed by atoms with Crippen molar-refractivity contribution >= 4 is 27.5 Å². The lowest BCUT2D eigenvalue weighted by Crippen LogP contribution is -2.49. The second kappa shape index (κ2) is 7.43. The summed E-state index contributed by atoms with van der Waals surface area (Å²) in [5.41, 5.74) is 1.06. The first-order valence-corrected chi connectivity index (χ1v) is 9.40. The number of carbonyl (C=O) groups excluding carboxylic acids is 1. The van der Waals surface area contributed by atoms with E-state index in [0.29, 0.717) is 24.7 Å². The molecule has 0 spiro atoms. The molecular formula is C18H20N4O3S. The van der Waals surface area contributed by atoms with Gasteiger partial charge >= 0.3 is 0 Å². The van der Waals surface area contributed by atoms with Gasteiger partial charge in [-0.15, -0.1) is 11.3 Å². The Bertz CT molecular complexity index is 866. The van der Waals surface area contributed by atoms with E-state index in [0.717, 1.165) is 30.2 Å². The molecule has 4 rings (SSSR count). The van der Waals surface area contributed by atoms with Gasteiger partial charge in [0.1, 0.15) is 10.8 Å². The van der Waals surface area contributed by atoms with Crippen molar-refractivity contribution in [2.24, 2.45) is 0 Å². The standard InChI is InChI=1S/C18H20N4O3S/c1-13-10-16(20-25-13)24-12-18(23)22-8-6-21(7-9-22)11-17-19-14-4-2-3-5-15(14)26-17/h2-5,10H,6-9,11-12H2,1H3. The molecule has 0 bridgehead atoms. The van der Waals surface area contributed by atoms with Crippen LogP contribution in [-0.2, 0) is 11.3 Å². The van der Waals surface area contributed by atoms with Crippen molar-refractivity contribution in [2.75, 3.05) is 32.8 Å². The zero-order valence-electron chi connectivity index (χ0n) is 14.6. The van der Waals surface area contributed by atoms with Gasteiger partial charge in [0.25, 0.3) is 11.8 Å². The van der Waals surface area contributed by atoms with Gasteiger partial charge in [0.15, 0.2) is 6.61 Å². The average Bonchev–Trinajstić information content (AvgIpc) is 3.25. The molecule has 1 aliphatic rings. The Morgan fingerprint density at radius 3 is 2.81 bits per heavy atom. The Balaban J connectivity index is 1.26. The molecule has 136 valence electrons. The van der Waals surface area contributed by atoms with E-state index in [9.17, 15) is 4.79 Å². The maximum atomic E-state index is 12.3. The highest BCUT2D eigenvalue weighted by molar-refractivity contribution is 7.18. The first-order valence-electron chi connectivity index (χ1n) is 8.58. The van der Waals surface area contributed by atoms with Gasteiger partial charge in [-0.05, 0) is 24.2 Å². The van der Waals surface area contributed by atoms with Crippen LogP contribution in [0.5, 0.6) is 5.88 Å². The monoisotopic (exact) mass is 372 g/mol. The number of aromatic nitrogens is 2. The van der Waals surface area contributed by atoms with Crippen LogP contribution < -0.4 is 4.74 Å². The van der Waals surface area contributed by atoms with Crippen molar-refractivity contribution in [1.82, 2.24) is 19.9 Å². The van der Waals surface area contributed by atoms with E-state index in [1.165, 1.54) is 4.70 Å². The van der Waals surface area contributed by atoms with Crippen molar-refractivity contribution < 1.29 is 14.1 Å². The van der Waals surface area contributed by atoms with Crippen molar-refractivity contribution in [3.63, 3.8) is 0 Å². The summed E-state index contributed by atoms with van der Waals surface area (Å²) in [5, 5.41) is 4.85. The average molecular weight is 372 g/mol. The normalized spacial score (nSPS) is 15.5. The second-order valence-electron chi connectivity index (χ2n) is 6.30. The highest BCUT2D eigenvalue weighted by Crippen LogP contribution is 2.23. The summed E-state index contributed by atoms with van der Waals surface area (Å²) < 4.78 is 11.5. The number of thiazole rings is 1. The minimum absolute atomic E-state index is 0.0101. The molecule has 3 aromatic rings. The Kier molecular flexibility index (Phi) is 4.85. The number of para-hydroxylation sites is 1. The number of hydrogen-bond acceptors (Lipinski definition) is 7. The zero-order valence-corrected chi connectivity index (χ0v) is 15.4. The van der Waals surface area contributed by atoms with E-state index >= 15 is 0 Å². The maximum Gasteiger partial charge on any atom is 0.260 e. The van der Waals surface area contributed by atoms with Crippen LogP contribution in [0.25, 0.3) is 10.2 Å². The molecule has 0 atom stereocenters. The molecule has 0 unspecified atom stereocenters. The lowest BCUT2D eigenvalue weighted by atomic mass is 10.3. The summed E-state index contributed by atoms with van der Waals surface area (Å²) in [6.07, 6.45) is 0. The van der Waals surface area contributed by atoms with Crippen LogP contribution >= 0.6 is 11.3 Å². The van der Waals surface area contributed by atoms with Gasteiger partial charge in [-0.3, -0.25) is 9.69 Å². The molecule has 7 nitrogen and oxygen atoms in total. The minimum atomic E-state index is -0.0229. The van der Waals surface area contributed by atoms with Gasteiger partial charge in [-0.2, -0.15) is 0 Å². The number of ether oxygens (including phenoxy) is 1. The van der Waals surface area contributed by atoms with Crippen LogP contribution in [0.3, 0.4) is 0 Å². The van der Waals surface area contributed by atoms with Crippen LogP contribution in [0, 0.1) is 6.92 Å². The van der Waals surface area contributed by atoms with E-state index in [4.69, 9.17) is 9.26 Å². The zero-order chi connectivity index (χ0) is 17.9. The summed E-state index contributed by atoms with van der Waals surface area (Å²) in [7, 11) is 0. The van der Waals surface area contributed by atoms with Crippen molar-refractivity contribution in [1.29, 1.82) is 0 Å². The van der Waals surface area contributed by atoms with Gasteiger partial charge in [0.2, 0.25) is 0 Å². The van der Waals surface area contributed by atoms with Gasteiger partial charge in [0.05, 0.1) is 16.8 Å². The molecule has 2 aromatic heterocycles. The minimum Gasteiger partial charge on any atom is -0.465 e. The lowest BCUT2D eigenvalue weighted by Gasteiger charge is -2.34. The molecule has 1 fully saturated rings. The van der Waals surface area contributed by atoms with Gasteiger partial charge < -0.3 is 14.2 Å². The maximum absolute atomic E-state index is 12.3. The fourth-order valence-electron chi connectivity index (χ4n) is 2.97. The van der Waals surface area contributed by atoms with E-state index in [1.54, 1.807) is 24.3 Å². The molecule has 0 N–H and O–H groups in total. The summed E-state index contributed by atoms with van der Waals surface area (Å²) in [4.78, 5) is 21.1. The van der Waals surface area contributed by atoms with E-state index in [2.05, 4.69) is 21.1 Å². The van der Waals surface area contributed by atoms with Crippen LogP contribution in [-0.4, -0.2) is 58.6 Å². The number of aryl methyl sites for hydroxylation is 1. The SMILES string of the molecule is Cc1cc(OCC(=O)N2CCN(Cc3nc4ccccc4s3)CC2)no1. The Morgan fingerprint density at radius 1 is 1.27 bits per heavy atom. The molecule has 0 aliphatic carbocycles. The van der Waals surface area contributed by atoms with Crippen LogP contribution in [0.15, 0.2) is 34.9 Å². The molecule has 1 amide bonds. The topological polar surface area (TPSA) is 71.7 Å². The highest BCUT2D eigenvalue weighted by atomic mass is 32.1. The first kappa shape index (κ1) is 17.0. The largest absolute Gasteiger partial charge is 0.465 e. The number of nitrogens with zero attached hydrogens (tertiary/aromatic N) is 4. The number of rotatable bonds is 5. The number of carbonyl (C=O) groups is 1. The fourth-order valence-corrected chi connectivity index (χ4v) is 3.98. The molecular weight excluding hydrogens is 352 g/mol. The molecule has 26 heavy (non-hydrogen) atoms. The lowest BCUT2D eigenvalue weighted by molar-refractivity contribution is -0.135. The third-order valence-electron chi connectivity index (χ3n) is 4.37.